The SMILES string of the molecule is CC(C)CC#Cc1cnc2c(c1)C(=O)N([C@H](C)CO)C[C@@H](C)[C@@H](CN(C)C(=O)Nc1ccccc1F)O2. The van der Waals surface area contributed by atoms with Gasteiger partial charge in [0.1, 0.15) is 17.5 Å². The Labute approximate surface area is 217 Å². The topological polar surface area (TPSA) is 95.0 Å². The molecule has 2 N–H and O–H groups in total. The highest BCUT2D eigenvalue weighted by Gasteiger charge is 2.34. The maximum Gasteiger partial charge on any atom is 0.321 e. The van der Waals surface area contributed by atoms with Crippen molar-refractivity contribution in [3.05, 3.63) is 53.5 Å². The van der Waals surface area contributed by atoms with E-state index in [1.807, 2.05) is 6.92 Å². The number of halogens is 1. The lowest BCUT2D eigenvalue weighted by atomic mass is 10.00. The number of aromatic nitrogens is 1. The van der Waals surface area contributed by atoms with E-state index in [0.29, 0.717) is 18.0 Å². The molecule has 0 radical (unpaired) electrons. The fourth-order valence-corrected chi connectivity index (χ4v) is 3.87. The molecular formula is C28H35FN4O4. The van der Waals surface area contributed by atoms with Gasteiger partial charge in [-0.3, -0.25) is 4.79 Å². The number of hydrogen-bond donors (Lipinski definition) is 2. The average Bonchev–Trinajstić information content (AvgIpc) is 2.87. The van der Waals surface area contributed by atoms with Gasteiger partial charge in [0.25, 0.3) is 5.91 Å². The first-order valence-electron chi connectivity index (χ1n) is 12.4. The van der Waals surface area contributed by atoms with E-state index in [1.165, 1.54) is 17.0 Å². The van der Waals surface area contributed by atoms with Gasteiger partial charge in [0, 0.05) is 37.7 Å². The van der Waals surface area contributed by atoms with Gasteiger partial charge >= 0.3 is 6.03 Å². The van der Waals surface area contributed by atoms with E-state index in [-0.39, 0.29) is 42.1 Å². The molecule has 3 amide bonds. The number of urea groups is 1. The number of aliphatic hydroxyl groups is 1. The number of likely N-dealkylation sites (N-methyl/N-ethyl adjacent to an activating group) is 1. The summed E-state index contributed by atoms with van der Waals surface area (Å²) in [6.45, 7) is 8.10. The predicted molar refractivity (Wildman–Crippen MR) is 140 cm³/mol. The number of amides is 3. The molecule has 1 aliphatic rings. The summed E-state index contributed by atoms with van der Waals surface area (Å²) in [6, 6.07) is 6.67. The minimum absolute atomic E-state index is 0.0812. The highest BCUT2D eigenvalue weighted by Crippen LogP contribution is 2.27. The number of hydrogen-bond acceptors (Lipinski definition) is 5. The summed E-state index contributed by atoms with van der Waals surface area (Å²) in [6.07, 6.45) is 1.76. The number of anilines is 1. The molecule has 0 unspecified atom stereocenters. The fraction of sp³-hybridized carbons (Fsp3) is 0.464. The Bertz CT molecular complexity index is 1180. The molecule has 8 nitrogen and oxygen atoms in total. The van der Waals surface area contributed by atoms with Crippen molar-refractivity contribution in [3.8, 4) is 17.7 Å². The van der Waals surface area contributed by atoms with Crippen molar-refractivity contribution in [2.45, 2.75) is 46.3 Å². The number of nitrogens with one attached hydrogen (secondary N) is 1. The molecule has 0 bridgehead atoms. The first kappa shape index (κ1) is 27.9. The van der Waals surface area contributed by atoms with Crippen molar-refractivity contribution in [3.63, 3.8) is 0 Å². The number of rotatable bonds is 6. The summed E-state index contributed by atoms with van der Waals surface area (Å²) < 4.78 is 20.2. The van der Waals surface area contributed by atoms with Crippen LogP contribution >= 0.6 is 0 Å². The Kier molecular flexibility index (Phi) is 9.48. The normalized spacial score (nSPS) is 18.1. The summed E-state index contributed by atoms with van der Waals surface area (Å²) in [5.74, 6) is 5.69. The van der Waals surface area contributed by atoms with Crippen LogP contribution in [0.1, 0.15) is 50.0 Å². The Morgan fingerprint density at radius 3 is 2.76 bits per heavy atom. The number of aliphatic hydroxyl groups excluding tert-OH is 1. The first-order chi connectivity index (χ1) is 17.6. The molecule has 1 aliphatic heterocycles. The minimum atomic E-state index is -0.530. The molecule has 3 atom stereocenters. The second kappa shape index (κ2) is 12.5. The maximum absolute atomic E-state index is 14.0. The fourth-order valence-electron chi connectivity index (χ4n) is 3.87. The second-order valence-electron chi connectivity index (χ2n) is 9.89. The first-order valence-corrected chi connectivity index (χ1v) is 12.4. The molecule has 0 spiro atoms. The lowest BCUT2D eigenvalue weighted by molar-refractivity contribution is 0.0356. The highest BCUT2D eigenvalue weighted by atomic mass is 19.1. The van der Waals surface area contributed by atoms with Gasteiger partial charge in [-0.1, -0.05) is 44.7 Å². The van der Waals surface area contributed by atoms with Crippen LogP contribution in [-0.4, -0.2) is 70.7 Å². The van der Waals surface area contributed by atoms with Crippen LogP contribution in [0.4, 0.5) is 14.9 Å². The summed E-state index contributed by atoms with van der Waals surface area (Å²) in [5, 5.41) is 12.4. The van der Waals surface area contributed by atoms with Gasteiger partial charge in [-0.25, -0.2) is 14.2 Å². The molecule has 3 rings (SSSR count). The predicted octanol–water partition coefficient (Wildman–Crippen LogP) is 4.00. The summed E-state index contributed by atoms with van der Waals surface area (Å²) in [5.41, 5.74) is 0.934. The lowest BCUT2D eigenvalue weighted by Crippen LogP contribution is -2.50. The highest BCUT2D eigenvalue weighted by molar-refractivity contribution is 5.97. The Hall–Kier alpha value is -3.64. The van der Waals surface area contributed by atoms with Crippen molar-refractivity contribution >= 4 is 17.6 Å². The molecule has 37 heavy (non-hydrogen) atoms. The maximum atomic E-state index is 14.0. The number of carbonyl (C=O) groups is 2. The number of benzene rings is 1. The standard InChI is InChI=1S/C28H35FN4O4/c1-18(2)9-8-10-21-13-22-26(30-14-21)37-25(19(3)15-33(27(22)35)20(4)17-34)16-32(5)28(36)31-24-12-7-6-11-23(24)29/h6-7,11-14,18-20,25,34H,9,15-17H2,1-5H3,(H,31,36)/t19-,20-,25-/m1/s1. The molecule has 0 saturated carbocycles. The number of carbonyl (C=O) groups excluding carboxylic acids is 2. The van der Waals surface area contributed by atoms with Crippen LogP contribution < -0.4 is 10.1 Å². The van der Waals surface area contributed by atoms with Gasteiger partial charge in [-0.05, 0) is 31.0 Å². The molecular weight excluding hydrogens is 475 g/mol. The van der Waals surface area contributed by atoms with Crippen LogP contribution in [0.15, 0.2) is 36.5 Å². The Balaban J connectivity index is 1.88. The Morgan fingerprint density at radius 1 is 1.35 bits per heavy atom. The second-order valence-corrected chi connectivity index (χ2v) is 9.89. The number of ether oxygens (including phenoxy) is 1. The molecule has 2 heterocycles. The molecule has 0 aliphatic carbocycles. The molecule has 2 aromatic rings. The summed E-state index contributed by atoms with van der Waals surface area (Å²) in [4.78, 5) is 33.7. The van der Waals surface area contributed by atoms with E-state index >= 15 is 0 Å². The minimum Gasteiger partial charge on any atom is -0.472 e. The van der Waals surface area contributed by atoms with E-state index in [1.54, 1.807) is 43.3 Å². The van der Waals surface area contributed by atoms with E-state index in [9.17, 15) is 19.1 Å². The molecule has 198 valence electrons. The Morgan fingerprint density at radius 2 is 2.08 bits per heavy atom. The van der Waals surface area contributed by atoms with Gasteiger partial charge in [0.05, 0.1) is 24.9 Å². The van der Waals surface area contributed by atoms with Crippen molar-refractivity contribution < 1.29 is 23.8 Å². The molecule has 1 aromatic heterocycles. The number of para-hydroxylation sites is 1. The van der Waals surface area contributed by atoms with Crippen molar-refractivity contribution in [2.24, 2.45) is 11.8 Å². The van der Waals surface area contributed by atoms with Gasteiger partial charge in [0.15, 0.2) is 0 Å². The van der Waals surface area contributed by atoms with Gasteiger partial charge in [0.2, 0.25) is 5.88 Å². The molecule has 1 aromatic carbocycles. The van der Waals surface area contributed by atoms with Crippen LogP contribution in [0.2, 0.25) is 0 Å². The van der Waals surface area contributed by atoms with Crippen LogP contribution in [0.25, 0.3) is 0 Å². The van der Waals surface area contributed by atoms with Gasteiger partial charge in [-0.2, -0.15) is 0 Å². The smallest absolute Gasteiger partial charge is 0.321 e. The van der Waals surface area contributed by atoms with Crippen molar-refractivity contribution in [1.29, 1.82) is 0 Å². The quantitative estimate of drug-likeness (QED) is 0.573. The zero-order chi connectivity index (χ0) is 27.1. The summed E-state index contributed by atoms with van der Waals surface area (Å²) in [7, 11) is 1.59. The van der Waals surface area contributed by atoms with Gasteiger partial charge < -0.3 is 25.0 Å². The van der Waals surface area contributed by atoms with Crippen molar-refractivity contribution in [2.75, 3.05) is 32.1 Å². The van der Waals surface area contributed by atoms with Crippen molar-refractivity contribution in [1.82, 2.24) is 14.8 Å². The average molecular weight is 511 g/mol. The van der Waals surface area contributed by atoms with E-state index in [0.717, 1.165) is 6.42 Å². The van der Waals surface area contributed by atoms with Crippen LogP contribution in [0.3, 0.4) is 0 Å². The third-order valence-corrected chi connectivity index (χ3v) is 6.18. The monoisotopic (exact) mass is 510 g/mol. The third kappa shape index (κ3) is 7.20. The number of pyridine rings is 1. The van der Waals surface area contributed by atoms with E-state index < -0.39 is 24.0 Å². The van der Waals surface area contributed by atoms with Crippen LogP contribution in [0, 0.1) is 29.5 Å². The zero-order valence-electron chi connectivity index (χ0n) is 22.0. The van der Waals surface area contributed by atoms with Crippen LogP contribution in [0.5, 0.6) is 5.88 Å². The largest absolute Gasteiger partial charge is 0.472 e. The van der Waals surface area contributed by atoms with E-state index in [2.05, 4.69) is 36.0 Å². The number of fused-ring (bicyclic) bond motifs is 1. The third-order valence-electron chi connectivity index (χ3n) is 6.18. The van der Waals surface area contributed by atoms with E-state index in [4.69, 9.17) is 4.74 Å². The lowest BCUT2D eigenvalue weighted by Gasteiger charge is -2.37. The molecule has 0 saturated heterocycles. The number of nitrogens with zero attached hydrogens (tertiary/aromatic N) is 3. The van der Waals surface area contributed by atoms with Crippen LogP contribution in [-0.2, 0) is 0 Å². The zero-order valence-corrected chi connectivity index (χ0v) is 22.0. The summed E-state index contributed by atoms with van der Waals surface area (Å²) >= 11 is 0. The molecule has 9 heteroatoms. The van der Waals surface area contributed by atoms with Gasteiger partial charge in [-0.15, -0.1) is 0 Å². The molecule has 0 fully saturated rings.